The van der Waals surface area contributed by atoms with E-state index >= 15 is 0 Å². The molecule has 0 radical (unpaired) electrons. The number of benzene rings is 1. The largest absolute Gasteiger partial charge is 0.465 e. The molecular weight excluding hydrogens is 332 g/mol. The molecule has 0 bridgehead atoms. The quantitative estimate of drug-likeness (QED) is 0.401. The summed E-state index contributed by atoms with van der Waals surface area (Å²) in [4.78, 5) is 29.9. The zero-order valence-electron chi connectivity index (χ0n) is 12.6. The zero-order chi connectivity index (χ0) is 17.1. The van der Waals surface area contributed by atoms with E-state index in [0.717, 1.165) is 16.3 Å². The number of aromatic nitrogens is 3. The molecule has 0 aliphatic carbocycles. The molecule has 122 valence electrons. The number of nitrogens with zero attached hydrogens (tertiary/aromatic N) is 4. The molecule has 0 aliphatic heterocycles. The van der Waals surface area contributed by atoms with Crippen LogP contribution in [0.2, 0.25) is 0 Å². The second-order valence-electron chi connectivity index (χ2n) is 4.88. The van der Waals surface area contributed by atoms with Crippen LogP contribution in [0.5, 0.6) is 0 Å². The van der Waals surface area contributed by atoms with Gasteiger partial charge in [-0.2, -0.15) is 0 Å². The van der Waals surface area contributed by atoms with Gasteiger partial charge in [-0.25, -0.2) is 9.78 Å². The molecule has 8 nitrogen and oxygen atoms in total. The van der Waals surface area contributed by atoms with Crippen LogP contribution in [0.15, 0.2) is 42.2 Å². The number of imidazole rings is 1. The third-order valence-electron chi connectivity index (χ3n) is 3.23. The van der Waals surface area contributed by atoms with Crippen LogP contribution in [0, 0.1) is 10.1 Å². The predicted octanol–water partition coefficient (Wildman–Crippen LogP) is 2.75. The average molecular weight is 344 g/mol. The first-order valence-corrected chi connectivity index (χ1v) is 7.74. The maximum Gasteiger partial charge on any atom is 0.381 e. The molecule has 2 heterocycles. The van der Waals surface area contributed by atoms with E-state index in [0.29, 0.717) is 12.1 Å². The third-order valence-corrected chi connectivity index (χ3v) is 4.17. The summed E-state index contributed by atoms with van der Waals surface area (Å²) in [6.45, 7) is 0.383. The Bertz CT molecular complexity index is 902. The summed E-state index contributed by atoms with van der Waals surface area (Å²) < 4.78 is 6.31. The summed E-state index contributed by atoms with van der Waals surface area (Å²) in [5.41, 5.74) is 2.02. The van der Waals surface area contributed by atoms with Gasteiger partial charge in [-0.3, -0.25) is 0 Å². The van der Waals surface area contributed by atoms with Crippen molar-refractivity contribution in [1.82, 2.24) is 14.5 Å². The molecule has 0 aliphatic rings. The van der Waals surface area contributed by atoms with Gasteiger partial charge in [0.15, 0.2) is 0 Å². The summed E-state index contributed by atoms with van der Waals surface area (Å²) in [7, 11) is 1.33. The maximum atomic E-state index is 11.6. The first-order valence-electron chi connectivity index (χ1n) is 6.86. The van der Waals surface area contributed by atoms with Crippen LogP contribution in [-0.2, 0) is 11.3 Å². The Kier molecular flexibility index (Phi) is 4.34. The van der Waals surface area contributed by atoms with Crippen LogP contribution in [0.3, 0.4) is 0 Å². The highest BCUT2D eigenvalue weighted by molar-refractivity contribution is 7.13. The summed E-state index contributed by atoms with van der Waals surface area (Å²) in [5.74, 6) is -0.601. The zero-order valence-corrected chi connectivity index (χ0v) is 13.4. The van der Waals surface area contributed by atoms with E-state index in [1.807, 2.05) is 11.4 Å². The summed E-state index contributed by atoms with van der Waals surface area (Å²) >= 11 is 1.43. The molecule has 3 aromatic rings. The molecule has 0 unspecified atom stereocenters. The summed E-state index contributed by atoms with van der Waals surface area (Å²) in [5, 5.41) is 13.3. The van der Waals surface area contributed by atoms with Crippen molar-refractivity contribution in [2.75, 3.05) is 7.11 Å². The number of thiazole rings is 1. The van der Waals surface area contributed by atoms with Gasteiger partial charge in [0, 0.05) is 10.9 Å². The highest BCUT2D eigenvalue weighted by atomic mass is 32.1. The number of nitro groups is 1. The lowest BCUT2D eigenvalue weighted by Crippen LogP contribution is -2.00. The molecule has 0 fully saturated rings. The third kappa shape index (κ3) is 3.30. The summed E-state index contributed by atoms with van der Waals surface area (Å²) in [6, 6.07) is 7.02. The Balaban J connectivity index is 1.80. The van der Waals surface area contributed by atoms with E-state index in [4.69, 9.17) is 4.74 Å². The SMILES string of the molecule is COC(=O)c1cccc(-c2nc(Cn3cnc([N+](=O)[O-])c3)cs2)c1. The van der Waals surface area contributed by atoms with Crippen molar-refractivity contribution >= 4 is 23.1 Å². The van der Waals surface area contributed by atoms with Crippen molar-refractivity contribution in [3.63, 3.8) is 0 Å². The van der Waals surface area contributed by atoms with E-state index in [2.05, 4.69) is 9.97 Å². The number of carbonyl (C=O) groups is 1. The molecule has 9 heteroatoms. The van der Waals surface area contributed by atoms with Gasteiger partial charge in [0.05, 0.1) is 24.9 Å². The Morgan fingerprint density at radius 1 is 1.46 bits per heavy atom. The van der Waals surface area contributed by atoms with Gasteiger partial charge >= 0.3 is 11.8 Å². The molecule has 0 spiro atoms. The van der Waals surface area contributed by atoms with Crippen LogP contribution in [0.4, 0.5) is 5.82 Å². The molecule has 2 aromatic heterocycles. The van der Waals surface area contributed by atoms with Crippen LogP contribution < -0.4 is 0 Å². The molecule has 0 atom stereocenters. The fraction of sp³-hybridized carbons (Fsp3) is 0.133. The number of ether oxygens (including phenoxy) is 1. The van der Waals surface area contributed by atoms with Crippen LogP contribution >= 0.6 is 11.3 Å². The molecule has 0 saturated carbocycles. The van der Waals surface area contributed by atoms with Gasteiger partial charge in [0.1, 0.15) is 11.2 Å². The van der Waals surface area contributed by atoms with E-state index in [-0.39, 0.29) is 5.82 Å². The average Bonchev–Trinajstić information content (AvgIpc) is 3.24. The van der Waals surface area contributed by atoms with Crippen molar-refractivity contribution in [3.05, 3.63) is 63.5 Å². The molecular formula is C15H12N4O4S. The fourth-order valence-corrected chi connectivity index (χ4v) is 2.93. The van der Waals surface area contributed by atoms with Gasteiger partial charge < -0.3 is 19.4 Å². The molecule has 0 amide bonds. The lowest BCUT2D eigenvalue weighted by Gasteiger charge is -2.01. The fourth-order valence-electron chi connectivity index (χ4n) is 2.13. The number of methoxy groups -OCH3 is 1. The molecule has 0 N–H and O–H groups in total. The van der Waals surface area contributed by atoms with Gasteiger partial charge in [0.25, 0.3) is 0 Å². The van der Waals surface area contributed by atoms with Crippen molar-refractivity contribution in [2.24, 2.45) is 0 Å². The topological polar surface area (TPSA) is 100 Å². The van der Waals surface area contributed by atoms with E-state index in [1.165, 1.54) is 31.0 Å². The van der Waals surface area contributed by atoms with E-state index in [9.17, 15) is 14.9 Å². The standard InChI is InChI=1S/C15H12N4O4S/c1-23-15(20)11-4-2-3-10(5-11)14-17-12(8-24-14)6-18-7-13(16-9-18)19(21)22/h2-5,7-9H,6H2,1H3. The highest BCUT2D eigenvalue weighted by Crippen LogP contribution is 2.25. The minimum atomic E-state index is -0.540. The van der Waals surface area contributed by atoms with Crippen molar-refractivity contribution < 1.29 is 14.5 Å². The highest BCUT2D eigenvalue weighted by Gasteiger charge is 2.12. The number of esters is 1. The van der Waals surface area contributed by atoms with E-state index < -0.39 is 10.9 Å². The first kappa shape index (κ1) is 15.8. The monoisotopic (exact) mass is 344 g/mol. The van der Waals surface area contributed by atoms with Crippen molar-refractivity contribution in [2.45, 2.75) is 6.54 Å². The smallest absolute Gasteiger partial charge is 0.381 e. The van der Waals surface area contributed by atoms with Crippen LogP contribution in [0.25, 0.3) is 10.6 Å². The van der Waals surface area contributed by atoms with Gasteiger partial charge in [-0.15, -0.1) is 11.3 Å². The number of hydrogen-bond acceptors (Lipinski definition) is 7. The maximum absolute atomic E-state index is 11.6. The number of rotatable bonds is 5. The lowest BCUT2D eigenvalue weighted by molar-refractivity contribution is -0.389. The Hall–Kier alpha value is -3.07. The molecule has 3 rings (SSSR count). The summed E-state index contributed by atoms with van der Waals surface area (Å²) in [6.07, 6.45) is 2.76. The minimum Gasteiger partial charge on any atom is -0.465 e. The second kappa shape index (κ2) is 6.59. The molecule has 24 heavy (non-hydrogen) atoms. The van der Waals surface area contributed by atoms with Gasteiger partial charge in [-0.05, 0) is 22.0 Å². The van der Waals surface area contributed by atoms with Gasteiger partial charge in [-0.1, -0.05) is 12.1 Å². The Morgan fingerprint density at radius 3 is 3.00 bits per heavy atom. The van der Waals surface area contributed by atoms with Crippen LogP contribution in [0.1, 0.15) is 16.1 Å². The normalized spacial score (nSPS) is 10.5. The van der Waals surface area contributed by atoms with Crippen molar-refractivity contribution in [1.29, 1.82) is 0 Å². The molecule has 0 saturated heterocycles. The van der Waals surface area contributed by atoms with Crippen molar-refractivity contribution in [3.8, 4) is 10.6 Å². The lowest BCUT2D eigenvalue weighted by atomic mass is 10.1. The van der Waals surface area contributed by atoms with E-state index in [1.54, 1.807) is 22.8 Å². The van der Waals surface area contributed by atoms with Crippen LogP contribution in [-0.4, -0.2) is 32.5 Å². The van der Waals surface area contributed by atoms with Gasteiger partial charge in [0.2, 0.25) is 6.33 Å². The Morgan fingerprint density at radius 2 is 2.29 bits per heavy atom. The number of carbonyl (C=O) groups excluding carboxylic acids is 1. The number of hydrogen-bond donors (Lipinski definition) is 0. The second-order valence-corrected chi connectivity index (χ2v) is 5.74. The first-order chi connectivity index (χ1) is 11.6. The molecule has 1 aromatic carbocycles. The predicted molar refractivity (Wildman–Crippen MR) is 86.9 cm³/mol. The minimum absolute atomic E-state index is 0.198. The Labute approximate surface area is 140 Å².